The second-order valence-corrected chi connectivity index (χ2v) is 7.34. The lowest BCUT2D eigenvalue weighted by Gasteiger charge is -2.03. The van der Waals surface area contributed by atoms with Crippen molar-refractivity contribution in [1.82, 2.24) is 5.32 Å². The molecule has 0 spiro atoms. The summed E-state index contributed by atoms with van der Waals surface area (Å²) in [5.74, 6) is 0. The molecule has 0 bridgehead atoms. The molecule has 2 heteroatoms. The number of aliphatic hydroxyl groups is 1. The topological polar surface area (TPSA) is 32.3 Å². The van der Waals surface area contributed by atoms with Crippen molar-refractivity contribution in [3.8, 4) is 0 Å². The minimum absolute atomic E-state index is 0.438. The first kappa shape index (κ1) is 23.5. The van der Waals surface area contributed by atoms with Crippen LogP contribution in [0.15, 0.2) is 12.3 Å². The monoisotopic (exact) mass is 339 g/mol. The van der Waals surface area contributed by atoms with Gasteiger partial charge in [-0.1, -0.05) is 109 Å². The van der Waals surface area contributed by atoms with E-state index in [1.54, 1.807) is 6.92 Å². The first-order valence-electron chi connectivity index (χ1n) is 10.9. The normalized spacial score (nSPS) is 12.8. The van der Waals surface area contributed by atoms with Crippen molar-refractivity contribution in [3.63, 3.8) is 0 Å². The predicted octanol–water partition coefficient (Wildman–Crippen LogP) is 7.08. The predicted molar refractivity (Wildman–Crippen MR) is 108 cm³/mol. The summed E-state index contributed by atoms with van der Waals surface area (Å²) in [6, 6.07) is 0. The van der Waals surface area contributed by atoms with E-state index in [9.17, 15) is 0 Å². The minimum Gasteiger partial charge on any atom is -0.374 e. The first-order chi connectivity index (χ1) is 11.8. The van der Waals surface area contributed by atoms with Crippen molar-refractivity contribution in [2.75, 3.05) is 0 Å². The van der Waals surface area contributed by atoms with E-state index in [-0.39, 0.29) is 0 Å². The summed E-state index contributed by atoms with van der Waals surface area (Å²) in [5, 5.41) is 11.9. The van der Waals surface area contributed by atoms with Crippen molar-refractivity contribution >= 4 is 0 Å². The summed E-state index contributed by atoms with van der Waals surface area (Å²) in [6.45, 7) is 4.02. The quantitative estimate of drug-likeness (QED) is 0.195. The smallest absolute Gasteiger partial charge is 0.121 e. The maximum Gasteiger partial charge on any atom is 0.121 e. The summed E-state index contributed by atoms with van der Waals surface area (Å²) >= 11 is 0. The highest BCUT2D eigenvalue weighted by atomic mass is 16.3. The molecule has 0 heterocycles. The number of aliphatic hydroxyl groups excluding tert-OH is 1. The minimum atomic E-state index is -0.438. The Morgan fingerprint density at radius 1 is 0.667 bits per heavy atom. The molecule has 2 N–H and O–H groups in total. The van der Waals surface area contributed by atoms with E-state index in [0.29, 0.717) is 0 Å². The molecule has 0 aliphatic rings. The van der Waals surface area contributed by atoms with Crippen LogP contribution in [0, 0.1) is 0 Å². The highest BCUT2D eigenvalue weighted by Gasteiger charge is 1.94. The van der Waals surface area contributed by atoms with E-state index in [1.165, 1.54) is 103 Å². The highest BCUT2D eigenvalue weighted by Crippen LogP contribution is 2.14. The molecule has 2 nitrogen and oxygen atoms in total. The number of hydrogen-bond acceptors (Lipinski definition) is 2. The first-order valence-corrected chi connectivity index (χ1v) is 10.9. The molecule has 0 aliphatic heterocycles. The van der Waals surface area contributed by atoms with Crippen LogP contribution in [0.5, 0.6) is 0 Å². The van der Waals surface area contributed by atoms with E-state index in [1.807, 2.05) is 6.20 Å². The van der Waals surface area contributed by atoms with Crippen LogP contribution in [-0.4, -0.2) is 11.3 Å². The Balaban J connectivity index is 3.01. The molecule has 0 saturated heterocycles. The Bertz CT molecular complexity index is 250. The van der Waals surface area contributed by atoms with E-state index in [0.717, 1.165) is 6.42 Å². The molecular formula is C22H45NO. The zero-order chi connectivity index (χ0) is 17.7. The molecule has 0 aromatic rings. The highest BCUT2D eigenvalue weighted by molar-refractivity contribution is 4.79. The standard InChI is InChI=1S/C22H45NO/c1-3-4-5-6-7-8-9-10-11-12-13-14-15-16-17-18-19-20-21-23-22(2)24/h20-24H,3-19H2,1-2H3. The molecule has 144 valence electrons. The average Bonchev–Trinajstić information content (AvgIpc) is 2.56. The molecular weight excluding hydrogens is 294 g/mol. The van der Waals surface area contributed by atoms with Gasteiger partial charge < -0.3 is 10.4 Å². The van der Waals surface area contributed by atoms with Crippen LogP contribution in [-0.2, 0) is 0 Å². The van der Waals surface area contributed by atoms with Gasteiger partial charge in [0.15, 0.2) is 0 Å². The van der Waals surface area contributed by atoms with E-state index in [4.69, 9.17) is 5.11 Å². The molecule has 0 amide bonds. The van der Waals surface area contributed by atoms with Gasteiger partial charge in [-0.15, -0.1) is 0 Å². The molecule has 0 rings (SSSR count). The third-order valence-electron chi connectivity index (χ3n) is 4.68. The Labute approximate surface area is 152 Å². The van der Waals surface area contributed by atoms with Crippen LogP contribution in [0.4, 0.5) is 0 Å². The van der Waals surface area contributed by atoms with Gasteiger partial charge in [0.2, 0.25) is 0 Å². The van der Waals surface area contributed by atoms with Crippen LogP contribution >= 0.6 is 0 Å². The van der Waals surface area contributed by atoms with Crippen LogP contribution < -0.4 is 5.32 Å². The second kappa shape index (κ2) is 20.5. The fraction of sp³-hybridized carbons (Fsp3) is 0.909. The van der Waals surface area contributed by atoms with Crippen molar-refractivity contribution in [1.29, 1.82) is 0 Å². The molecule has 0 saturated carbocycles. The molecule has 24 heavy (non-hydrogen) atoms. The Hall–Kier alpha value is -0.500. The van der Waals surface area contributed by atoms with Crippen LogP contribution in [0.3, 0.4) is 0 Å². The Morgan fingerprint density at radius 2 is 1.04 bits per heavy atom. The maximum atomic E-state index is 9.03. The fourth-order valence-corrected chi connectivity index (χ4v) is 3.10. The van der Waals surface area contributed by atoms with Gasteiger partial charge >= 0.3 is 0 Å². The van der Waals surface area contributed by atoms with Gasteiger partial charge in [0, 0.05) is 0 Å². The van der Waals surface area contributed by atoms with Gasteiger partial charge in [-0.3, -0.25) is 0 Å². The van der Waals surface area contributed by atoms with Crippen molar-refractivity contribution in [2.24, 2.45) is 0 Å². The summed E-state index contributed by atoms with van der Waals surface area (Å²) in [7, 11) is 0. The van der Waals surface area contributed by atoms with E-state index < -0.39 is 6.23 Å². The fourth-order valence-electron chi connectivity index (χ4n) is 3.10. The van der Waals surface area contributed by atoms with Crippen LogP contribution in [0.1, 0.15) is 123 Å². The number of rotatable bonds is 19. The second-order valence-electron chi connectivity index (χ2n) is 7.34. The SMILES string of the molecule is CCCCCCCCCCCCCCCCCCC=CNC(C)O. The average molecular weight is 340 g/mol. The van der Waals surface area contributed by atoms with Gasteiger partial charge in [-0.2, -0.15) is 0 Å². The Morgan fingerprint density at radius 3 is 1.42 bits per heavy atom. The van der Waals surface area contributed by atoms with Gasteiger partial charge in [-0.05, 0) is 26.0 Å². The van der Waals surface area contributed by atoms with Gasteiger partial charge in [-0.25, -0.2) is 0 Å². The summed E-state index contributed by atoms with van der Waals surface area (Å²) < 4.78 is 0. The molecule has 0 radical (unpaired) electrons. The van der Waals surface area contributed by atoms with Crippen molar-refractivity contribution in [2.45, 2.75) is 129 Å². The lowest BCUT2D eigenvalue weighted by Crippen LogP contribution is -2.18. The molecule has 0 aliphatic carbocycles. The Kier molecular flexibility index (Phi) is 20.1. The van der Waals surface area contributed by atoms with Crippen molar-refractivity contribution in [3.05, 3.63) is 12.3 Å². The van der Waals surface area contributed by atoms with Gasteiger partial charge in [0.05, 0.1) is 0 Å². The van der Waals surface area contributed by atoms with Crippen molar-refractivity contribution < 1.29 is 5.11 Å². The zero-order valence-corrected chi connectivity index (χ0v) is 16.7. The molecule has 0 aromatic heterocycles. The molecule has 1 atom stereocenters. The zero-order valence-electron chi connectivity index (χ0n) is 16.7. The lowest BCUT2D eigenvalue weighted by atomic mass is 10.0. The third kappa shape index (κ3) is 21.5. The van der Waals surface area contributed by atoms with E-state index in [2.05, 4.69) is 18.3 Å². The van der Waals surface area contributed by atoms with Gasteiger partial charge in [0.1, 0.15) is 6.23 Å². The lowest BCUT2D eigenvalue weighted by molar-refractivity contribution is 0.173. The summed E-state index contributed by atoms with van der Waals surface area (Å²) in [4.78, 5) is 0. The van der Waals surface area contributed by atoms with Crippen LogP contribution in [0.25, 0.3) is 0 Å². The van der Waals surface area contributed by atoms with Gasteiger partial charge in [0.25, 0.3) is 0 Å². The molecule has 0 aromatic carbocycles. The largest absolute Gasteiger partial charge is 0.374 e. The van der Waals surface area contributed by atoms with Crippen LogP contribution in [0.2, 0.25) is 0 Å². The summed E-state index contributed by atoms with van der Waals surface area (Å²) in [5.41, 5.74) is 0. The maximum absolute atomic E-state index is 9.03. The number of hydrogen-bond donors (Lipinski definition) is 2. The number of unbranched alkanes of at least 4 members (excludes halogenated alkanes) is 16. The molecule has 0 fully saturated rings. The van der Waals surface area contributed by atoms with E-state index >= 15 is 0 Å². The number of allylic oxidation sites excluding steroid dienone is 1. The molecule has 1 unspecified atom stereocenters. The summed E-state index contributed by atoms with van der Waals surface area (Å²) in [6.07, 6.45) is 27.4. The third-order valence-corrected chi connectivity index (χ3v) is 4.68. The number of nitrogens with one attached hydrogen (secondary N) is 1.